The van der Waals surface area contributed by atoms with Crippen LogP contribution in [0.1, 0.15) is 17.3 Å². The first-order valence-electron chi connectivity index (χ1n) is 6.25. The van der Waals surface area contributed by atoms with Gasteiger partial charge in [-0.05, 0) is 24.3 Å². The molecule has 1 aromatic rings. The first-order valence-corrected chi connectivity index (χ1v) is 8.07. The van der Waals surface area contributed by atoms with Gasteiger partial charge in [0.1, 0.15) is 0 Å². The van der Waals surface area contributed by atoms with Gasteiger partial charge < -0.3 is 10.2 Å². The third-order valence-corrected chi connectivity index (χ3v) is 4.69. The molecule has 1 N–H and O–H groups in total. The van der Waals surface area contributed by atoms with E-state index in [1.54, 1.807) is 24.3 Å². The number of nitrogens with one attached hydrogen (secondary N) is 1. The highest BCUT2D eigenvalue weighted by molar-refractivity contribution is 7.91. The van der Waals surface area contributed by atoms with Crippen molar-refractivity contribution in [1.82, 2.24) is 4.90 Å². The van der Waals surface area contributed by atoms with Crippen molar-refractivity contribution in [1.29, 1.82) is 0 Å². The number of sulfone groups is 1. The lowest BCUT2D eigenvalue weighted by molar-refractivity contribution is -0.114. The average Bonchev–Trinajstić information content (AvgIpc) is 2.38. The Morgan fingerprint density at radius 3 is 2.15 bits per heavy atom. The van der Waals surface area contributed by atoms with Crippen molar-refractivity contribution in [2.24, 2.45) is 0 Å². The molecule has 0 aromatic heterocycles. The number of carbonyl (C=O) groups excluding carboxylic acids is 2. The van der Waals surface area contributed by atoms with Crippen LogP contribution in [0, 0.1) is 0 Å². The molecule has 7 heteroatoms. The van der Waals surface area contributed by atoms with Gasteiger partial charge in [0.05, 0.1) is 11.5 Å². The first-order chi connectivity index (χ1) is 9.37. The molecule has 0 radical (unpaired) electrons. The van der Waals surface area contributed by atoms with Crippen LogP contribution in [0.15, 0.2) is 24.3 Å². The third kappa shape index (κ3) is 3.57. The maximum Gasteiger partial charge on any atom is 0.253 e. The van der Waals surface area contributed by atoms with Crippen LogP contribution < -0.4 is 5.32 Å². The predicted molar refractivity (Wildman–Crippen MR) is 75.3 cm³/mol. The summed E-state index contributed by atoms with van der Waals surface area (Å²) in [7, 11) is -2.99. The van der Waals surface area contributed by atoms with E-state index in [0.717, 1.165) is 0 Å². The zero-order valence-corrected chi connectivity index (χ0v) is 11.9. The normalized spacial score (nSPS) is 17.6. The molecule has 1 fully saturated rings. The Bertz CT molecular complexity index is 608. The van der Waals surface area contributed by atoms with Crippen LogP contribution in [-0.2, 0) is 14.6 Å². The molecule has 0 saturated carbocycles. The van der Waals surface area contributed by atoms with Crippen molar-refractivity contribution in [2.75, 3.05) is 29.9 Å². The van der Waals surface area contributed by atoms with E-state index in [1.165, 1.54) is 11.8 Å². The number of amides is 2. The molecule has 108 valence electrons. The van der Waals surface area contributed by atoms with E-state index in [4.69, 9.17) is 0 Å². The minimum absolute atomic E-state index is 0.0166. The van der Waals surface area contributed by atoms with E-state index < -0.39 is 9.84 Å². The molecule has 6 nitrogen and oxygen atoms in total. The zero-order chi connectivity index (χ0) is 14.8. The van der Waals surface area contributed by atoms with Crippen molar-refractivity contribution in [3.8, 4) is 0 Å². The van der Waals surface area contributed by atoms with Crippen LogP contribution >= 0.6 is 0 Å². The fourth-order valence-electron chi connectivity index (χ4n) is 2.00. The second-order valence-corrected chi connectivity index (χ2v) is 7.01. The van der Waals surface area contributed by atoms with Crippen LogP contribution in [0.2, 0.25) is 0 Å². The topological polar surface area (TPSA) is 83.6 Å². The predicted octanol–water partition coefficient (Wildman–Crippen LogP) is 0.516. The summed E-state index contributed by atoms with van der Waals surface area (Å²) < 4.78 is 22.6. The highest BCUT2D eigenvalue weighted by Gasteiger charge is 2.25. The van der Waals surface area contributed by atoms with E-state index in [2.05, 4.69) is 5.32 Å². The van der Waals surface area contributed by atoms with Crippen LogP contribution in [0.3, 0.4) is 0 Å². The Balaban J connectivity index is 2.04. The molecule has 0 unspecified atom stereocenters. The molecule has 0 bridgehead atoms. The van der Waals surface area contributed by atoms with E-state index in [0.29, 0.717) is 11.3 Å². The van der Waals surface area contributed by atoms with Crippen molar-refractivity contribution in [3.63, 3.8) is 0 Å². The van der Waals surface area contributed by atoms with Gasteiger partial charge in [0, 0.05) is 31.3 Å². The van der Waals surface area contributed by atoms with Crippen molar-refractivity contribution < 1.29 is 18.0 Å². The molecule has 1 aromatic carbocycles. The molecule has 2 rings (SSSR count). The average molecular weight is 296 g/mol. The minimum atomic E-state index is -2.99. The molecule has 20 heavy (non-hydrogen) atoms. The van der Waals surface area contributed by atoms with E-state index in [1.807, 2.05) is 0 Å². The van der Waals surface area contributed by atoms with Crippen molar-refractivity contribution >= 4 is 27.3 Å². The van der Waals surface area contributed by atoms with Crippen LogP contribution in [0.25, 0.3) is 0 Å². The van der Waals surface area contributed by atoms with E-state index in [-0.39, 0.29) is 36.4 Å². The molecule has 1 aliphatic heterocycles. The molecular weight excluding hydrogens is 280 g/mol. The largest absolute Gasteiger partial charge is 0.337 e. The van der Waals surface area contributed by atoms with Gasteiger partial charge in [-0.2, -0.15) is 0 Å². The first kappa shape index (κ1) is 14.5. The molecular formula is C13H16N2O4S. The number of hydrogen-bond donors (Lipinski definition) is 1. The Hall–Kier alpha value is -1.89. The summed E-state index contributed by atoms with van der Waals surface area (Å²) in [5.41, 5.74) is 1.11. The van der Waals surface area contributed by atoms with Gasteiger partial charge in [0.2, 0.25) is 5.91 Å². The third-order valence-electron chi connectivity index (χ3n) is 3.08. The Kier molecular flexibility index (Phi) is 4.08. The fourth-order valence-corrected chi connectivity index (χ4v) is 3.20. The molecule has 1 heterocycles. The van der Waals surface area contributed by atoms with Crippen molar-refractivity contribution in [2.45, 2.75) is 6.92 Å². The highest BCUT2D eigenvalue weighted by atomic mass is 32.2. The number of anilines is 1. The lowest BCUT2D eigenvalue weighted by Crippen LogP contribution is -2.43. The van der Waals surface area contributed by atoms with Gasteiger partial charge in [0.25, 0.3) is 5.91 Å². The molecule has 0 spiro atoms. The van der Waals surface area contributed by atoms with Gasteiger partial charge in [-0.3, -0.25) is 9.59 Å². The molecule has 0 atom stereocenters. The Morgan fingerprint density at radius 2 is 1.65 bits per heavy atom. The fraction of sp³-hybridized carbons (Fsp3) is 0.385. The summed E-state index contributed by atoms with van der Waals surface area (Å²) in [6, 6.07) is 6.54. The van der Waals surface area contributed by atoms with Crippen LogP contribution in [-0.4, -0.2) is 49.7 Å². The SMILES string of the molecule is CC(=O)Nc1ccc(C(=O)N2CCS(=O)(=O)CC2)cc1. The summed E-state index contributed by atoms with van der Waals surface area (Å²) in [4.78, 5) is 24.6. The van der Waals surface area contributed by atoms with E-state index >= 15 is 0 Å². The molecule has 0 aliphatic carbocycles. The number of benzene rings is 1. The van der Waals surface area contributed by atoms with Gasteiger partial charge >= 0.3 is 0 Å². The second-order valence-electron chi connectivity index (χ2n) is 4.70. The number of hydrogen-bond acceptors (Lipinski definition) is 4. The molecule has 2 amide bonds. The zero-order valence-electron chi connectivity index (χ0n) is 11.1. The second kappa shape index (κ2) is 5.62. The lowest BCUT2D eigenvalue weighted by atomic mass is 10.1. The monoisotopic (exact) mass is 296 g/mol. The summed E-state index contributed by atoms with van der Waals surface area (Å²) in [5, 5.41) is 2.62. The molecule has 1 aliphatic rings. The standard InChI is InChI=1S/C13H16N2O4S/c1-10(16)14-12-4-2-11(3-5-12)13(17)15-6-8-20(18,19)9-7-15/h2-5H,6-9H2,1H3,(H,14,16). The Labute approximate surface area is 117 Å². The van der Waals surface area contributed by atoms with E-state index in [9.17, 15) is 18.0 Å². The summed E-state index contributed by atoms with van der Waals surface area (Å²) >= 11 is 0. The van der Waals surface area contributed by atoms with Gasteiger partial charge in [-0.1, -0.05) is 0 Å². The maximum atomic E-state index is 12.2. The van der Waals surface area contributed by atoms with Gasteiger partial charge in [-0.25, -0.2) is 8.42 Å². The Morgan fingerprint density at radius 1 is 1.10 bits per heavy atom. The smallest absolute Gasteiger partial charge is 0.253 e. The minimum Gasteiger partial charge on any atom is -0.337 e. The highest BCUT2D eigenvalue weighted by Crippen LogP contribution is 2.13. The number of nitrogens with zero attached hydrogens (tertiary/aromatic N) is 1. The molecule has 1 saturated heterocycles. The lowest BCUT2D eigenvalue weighted by Gasteiger charge is -2.26. The number of carbonyl (C=O) groups is 2. The quantitative estimate of drug-likeness (QED) is 0.862. The summed E-state index contributed by atoms with van der Waals surface area (Å²) in [5.74, 6) is -0.328. The van der Waals surface area contributed by atoms with Gasteiger partial charge in [0.15, 0.2) is 9.84 Å². The number of rotatable bonds is 2. The van der Waals surface area contributed by atoms with Crippen molar-refractivity contribution in [3.05, 3.63) is 29.8 Å². The summed E-state index contributed by atoms with van der Waals surface area (Å²) in [6.45, 7) is 1.87. The maximum absolute atomic E-state index is 12.2. The van der Waals surface area contributed by atoms with Crippen LogP contribution in [0.4, 0.5) is 5.69 Å². The van der Waals surface area contributed by atoms with Gasteiger partial charge in [-0.15, -0.1) is 0 Å². The summed E-state index contributed by atoms with van der Waals surface area (Å²) in [6.07, 6.45) is 0. The van der Waals surface area contributed by atoms with Crippen LogP contribution in [0.5, 0.6) is 0 Å².